The van der Waals surface area contributed by atoms with Crippen LogP contribution in [0.3, 0.4) is 0 Å². The molecule has 0 aliphatic carbocycles. The summed E-state index contributed by atoms with van der Waals surface area (Å²) in [4.78, 5) is 16.3. The van der Waals surface area contributed by atoms with Crippen molar-refractivity contribution in [2.75, 3.05) is 33.4 Å². The summed E-state index contributed by atoms with van der Waals surface area (Å²) in [5.41, 5.74) is 1.99. The number of rotatable bonds is 2. The van der Waals surface area contributed by atoms with Gasteiger partial charge < -0.3 is 14.5 Å². The first-order valence-electron chi connectivity index (χ1n) is 7.12. The Morgan fingerprint density at radius 2 is 2.10 bits per heavy atom. The molecule has 1 aromatic heterocycles. The molecule has 0 saturated carbocycles. The van der Waals surface area contributed by atoms with E-state index in [1.165, 1.54) is 0 Å². The number of amides is 2. The highest BCUT2D eigenvalue weighted by Gasteiger charge is 2.34. The third-order valence-electron chi connectivity index (χ3n) is 4.13. The number of ether oxygens (including phenoxy) is 1. The summed E-state index contributed by atoms with van der Waals surface area (Å²) in [7, 11) is 3.58. The van der Waals surface area contributed by atoms with E-state index < -0.39 is 0 Å². The van der Waals surface area contributed by atoms with Crippen molar-refractivity contribution in [2.24, 2.45) is 7.05 Å². The van der Waals surface area contributed by atoms with E-state index in [4.69, 9.17) is 4.74 Å². The lowest BCUT2D eigenvalue weighted by Crippen LogP contribution is -2.46. The zero-order chi connectivity index (χ0) is 14.1. The lowest BCUT2D eigenvalue weighted by molar-refractivity contribution is 0.123. The molecule has 1 saturated heterocycles. The maximum Gasteiger partial charge on any atom is 0.320 e. The van der Waals surface area contributed by atoms with Crippen molar-refractivity contribution in [1.29, 1.82) is 0 Å². The number of fused-ring (bicyclic) bond motifs is 1. The average molecular weight is 279 g/mol. The smallest absolute Gasteiger partial charge is 0.320 e. The van der Waals surface area contributed by atoms with E-state index in [1.54, 1.807) is 11.8 Å². The molecule has 7 heteroatoms. The van der Waals surface area contributed by atoms with Crippen molar-refractivity contribution >= 4 is 6.03 Å². The number of hydrogen-bond donors (Lipinski definition) is 0. The molecule has 2 aliphatic rings. The molecule has 1 fully saturated rings. The van der Waals surface area contributed by atoms with E-state index >= 15 is 0 Å². The van der Waals surface area contributed by atoms with Gasteiger partial charge in [-0.25, -0.2) is 4.79 Å². The summed E-state index contributed by atoms with van der Waals surface area (Å²) in [5.74, 6) is 0.148. The predicted octanol–water partition coefficient (Wildman–Crippen LogP) is 0.577. The fourth-order valence-corrected chi connectivity index (χ4v) is 3.20. The number of hydrogen-bond acceptors (Lipinski definition) is 4. The Morgan fingerprint density at radius 3 is 2.80 bits per heavy atom. The summed E-state index contributed by atoms with van der Waals surface area (Å²) < 4.78 is 7.10. The molecule has 20 heavy (non-hydrogen) atoms. The van der Waals surface area contributed by atoms with E-state index in [0.717, 1.165) is 37.3 Å². The summed E-state index contributed by atoms with van der Waals surface area (Å²) in [6.07, 6.45) is 2.22. The van der Waals surface area contributed by atoms with Crippen LogP contribution in [0.2, 0.25) is 0 Å². The monoisotopic (exact) mass is 279 g/mol. The first kappa shape index (κ1) is 13.4. The third-order valence-corrected chi connectivity index (χ3v) is 4.13. The van der Waals surface area contributed by atoms with Crippen LogP contribution in [-0.2, 0) is 18.3 Å². The van der Waals surface area contributed by atoms with E-state index in [1.807, 2.05) is 16.8 Å². The molecule has 1 atom stereocenters. The first-order valence-corrected chi connectivity index (χ1v) is 7.12. The Hall–Kier alpha value is -1.63. The highest BCUT2D eigenvalue weighted by molar-refractivity contribution is 5.75. The van der Waals surface area contributed by atoms with Crippen molar-refractivity contribution in [3.8, 4) is 0 Å². The number of aromatic nitrogens is 3. The van der Waals surface area contributed by atoms with Gasteiger partial charge in [0.05, 0.1) is 18.8 Å². The lowest BCUT2D eigenvalue weighted by Gasteiger charge is -2.34. The van der Waals surface area contributed by atoms with Crippen LogP contribution in [0.5, 0.6) is 0 Å². The molecule has 0 unspecified atom stereocenters. The van der Waals surface area contributed by atoms with Crippen molar-refractivity contribution in [3.63, 3.8) is 0 Å². The summed E-state index contributed by atoms with van der Waals surface area (Å²) >= 11 is 0. The number of carbonyl (C=O) groups is 1. The van der Waals surface area contributed by atoms with Gasteiger partial charge >= 0.3 is 6.03 Å². The minimum atomic E-state index is 0.125. The van der Waals surface area contributed by atoms with Gasteiger partial charge in [-0.05, 0) is 12.8 Å². The number of likely N-dealkylation sites (tertiary alicyclic amines) is 1. The lowest BCUT2D eigenvalue weighted by atomic mass is 9.99. The van der Waals surface area contributed by atoms with Crippen LogP contribution < -0.4 is 0 Å². The maximum absolute atomic E-state index is 12.5. The van der Waals surface area contributed by atoms with Crippen molar-refractivity contribution in [2.45, 2.75) is 25.3 Å². The molecule has 0 N–H and O–H groups in total. The molecule has 0 bridgehead atoms. The highest BCUT2D eigenvalue weighted by atomic mass is 16.5. The molecule has 3 heterocycles. The standard InChI is InChI=1S/C13H21N5O2/c1-16-12-10(9-20-2)7-18(8-11(12)14-15-16)13(19)17-5-3-4-6-17/h10H,3-9H2,1-2H3/t10-/m1/s1. The van der Waals surface area contributed by atoms with Gasteiger partial charge in [0.15, 0.2) is 0 Å². The fourth-order valence-electron chi connectivity index (χ4n) is 3.20. The largest absolute Gasteiger partial charge is 0.384 e. The van der Waals surface area contributed by atoms with Gasteiger partial charge in [0.25, 0.3) is 0 Å². The molecule has 2 amide bonds. The second-order valence-corrected chi connectivity index (χ2v) is 5.55. The summed E-state index contributed by atoms with van der Waals surface area (Å²) in [6, 6.07) is 0.125. The minimum Gasteiger partial charge on any atom is -0.384 e. The molecule has 1 aromatic rings. The number of urea groups is 1. The Bertz CT molecular complexity index is 495. The van der Waals surface area contributed by atoms with Gasteiger partial charge in [0, 0.05) is 39.7 Å². The van der Waals surface area contributed by atoms with Gasteiger partial charge in [-0.15, -0.1) is 5.10 Å². The summed E-state index contributed by atoms with van der Waals surface area (Å²) in [5, 5.41) is 8.27. The zero-order valence-electron chi connectivity index (χ0n) is 12.1. The van der Waals surface area contributed by atoms with Crippen LogP contribution in [-0.4, -0.2) is 64.2 Å². The van der Waals surface area contributed by atoms with Crippen molar-refractivity contribution < 1.29 is 9.53 Å². The van der Waals surface area contributed by atoms with Crippen molar-refractivity contribution in [1.82, 2.24) is 24.8 Å². The second kappa shape index (κ2) is 5.40. The van der Waals surface area contributed by atoms with Gasteiger partial charge in [-0.2, -0.15) is 0 Å². The highest BCUT2D eigenvalue weighted by Crippen LogP contribution is 2.27. The molecule has 0 aromatic carbocycles. The van der Waals surface area contributed by atoms with Crippen LogP contribution in [0.1, 0.15) is 30.1 Å². The van der Waals surface area contributed by atoms with Crippen LogP contribution in [0, 0.1) is 0 Å². The molecule has 3 rings (SSSR count). The number of nitrogens with zero attached hydrogens (tertiary/aromatic N) is 5. The third kappa shape index (κ3) is 2.26. The summed E-state index contributed by atoms with van der Waals surface area (Å²) in [6.45, 7) is 3.56. The van der Waals surface area contributed by atoms with Gasteiger partial charge in [-0.1, -0.05) is 5.21 Å². The zero-order valence-corrected chi connectivity index (χ0v) is 12.1. The van der Waals surface area contributed by atoms with E-state index in [2.05, 4.69) is 10.3 Å². The topological polar surface area (TPSA) is 63.5 Å². The molecular weight excluding hydrogens is 258 g/mol. The SMILES string of the molecule is COC[C@H]1CN(C(=O)N2CCCC2)Cc2nnn(C)c21. The molecular formula is C13H21N5O2. The molecule has 0 radical (unpaired) electrons. The average Bonchev–Trinajstić information content (AvgIpc) is 3.08. The first-order chi connectivity index (χ1) is 9.70. The van der Waals surface area contributed by atoms with Gasteiger partial charge in [0.1, 0.15) is 5.69 Å². The van der Waals surface area contributed by atoms with Crippen LogP contribution in [0.4, 0.5) is 4.79 Å². The Kier molecular flexibility index (Phi) is 3.60. The molecule has 0 spiro atoms. The van der Waals surface area contributed by atoms with E-state index in [-0.39, 0.29) is 11.9 Å². The molecule has 110 valence electrons. The fraction of sp³-hybridized carbons (Fsp3) is 0.769. The van der Waals surface area contributed by atoms with Crippen LogP contribution in [0.25, 0.3) is 0 Å². The van der Waals surface area contributed by atoms with E-state index in [0.29, 0.717) is 19.7 Å². The predicted molar refractivity (Wildman–Crippen MR) is 72.2 cm³/mol. The van der Waals surface area contributed by atoms with Crippen molar-refractivity contribution in [3.05, 3.63) is 11.4 Å². The van der Waals surface area contributed by atoms with Crippen LogP contribution in [0.15, 0.2) is 0 Å². The normalized spacial score (nSPS) is 22.2. The number of carbonyl (C=O) groups excluding carboxylic acids is 1. The molecule has 2 aliphatic heterocycles. The second-order valence-electron chi connectivity index (χ2n) is 5.55. The molecule has 7 nitrogen and oxygen atoms in total. The Labute approximate surface area is 118 Å². The number of aryl methyl sites for hydroxylation is 1. The van der Waals surface area contributed by atoms with Gasteiger partial charge in [-0.3, -0.25) is 4.68 Å². The van der Waals surface area contributed by atoms with Gasteiger partial charge in [0.2, 0.25) is 0 Å². The van der Waals surface area contributed by atoms with E-state index in [9.17, 15) is 4.79 Å². The Balaban J connectivity index is 1.80. The minimum absolute atomic E-state index is 0.125. The quantitative estimate of drug-likeness (QED) is 0.794. The Morgan fingerprint density at radius 1 is 1.35 bits per heavy atom. The van der Waals surface area contributed by atoms with Crippen LogP contribution >= 0.6 is 0 Å². The number of methoxy groups -OCH3 is 1. The maximum atomic E-state index is 12.5.